The maximum Gasteiger partial charge on any atom is 0.242 e. The van der Waals surface area contributed by atoms with Gasteiger partial charge in [-0.05, 0) is 55.9 Å². The van der Waals surface area contributed by atoms with Gasteiger partial charge in [0, 0.05) is 25.2 Å². The predicted molar refractivity (Wildman–Crippen MR) is 99.8 cm³/mol. The minimum atomic E-state index is -0.599. The molecule has 0 bridgehead atoms. The Morgan fingerprint density at radius 2 is 2.04 bits per heavy atom. The zero-order valence-electron chi connectivity index (χ0n) is 15.5. The summed E-state index contributed by atoms with van der Waals surface area (Å²) in [5, 5.41) is 5.50. The van der Waals surface area contributed by atoms with E-state index in [2.05, 4.69) is 22.8 Å². The van der Waals surface area contributed by atoms with Gasteiger partial charge in [-0.25, -0.2) is 0 Å². The average Bonchev–Trinajstić information content (AvgIpc) is 3.25. The van der Waals surface area contributed by atoms with Gasteiger partial charge in [0.1, 0.15) is 6.04 Å². The predicted octanol–water partition coefficient (Wildman–Crippen LogP) is 1.56. The van der Waals surface area contributed by atoms with E-state index in [1.807, 2.05) is 13.0 Å². The topological polar surface area (TPSA) is 78.5 Å². The first-order valence-corrected chi connectivity index (χ1v) is 9.50. The minimum absolute atomic E-state index is 0.0359. The zero-order valence-corrected chi connectivity index (χ0v) is 15.5. The first kappa shape index (κ1) is 18.4. The molecule has 1 heterocycles. The summed E-state index contributed by atoms with van der Waals surface area (Å²) in [7, 11) is 0. The van der Waals surface area contributed by atoms with Crippen molar-refractivity contribution in [1.82, 2.24) is 10.6 Å². The molecular formula is C20H27N3O3. The molecule has 140 valence electrons. The van der Waals surface area contributed by atoms with Crippen LogP contribution in [0.3, 0.4) is 0 Å². The van der Waals surface area contributed by atoms with E-state index < -0.39 is 12.0 Å². The van der Waals surface area contributed by atoms with Gasteiger partial charge in [-0.1, -0.05) is 13.0 Å². The number of anilines is 1. The van der Waals surface area contributed by atoms with Gasteiger partial charge in [-0.2, -0.15) is 0 Å². The van der Waals surface area contributed by atoms with Crippen molar-refractivity contribution >= 4 is 23.4 Å². The number of hydrogen-bond donors (Lipinski definition) is 2. The van der Waals surface area contributed by atoms with Crippen molar-refractivity contribution in [3.05, 3.63) is 29.3 Å². The molecule has 0 aromatic heterocycles. The van der Waals surface area contributed by atoms with Gasteiger partial charge in [-0.15, -0.1) is 0 Å². The molecule has 0 spiro atoms. The fourth-order valence-electron chi connectivity index (χ4n) is 3.66. The lowest BCUT2D eigenvalue weighted by Crippen LogP contribution is -2.47. The molecule has 1 fully saturated rings. The maximum atomic E-state index is 12.5. The van der Waals surface area contributed by atoms with E-state index in [1.54, 1.807) is 11.8 Å². The normalized spacial score (nSPS) is 20.0. The fourth-order valence-corrected chi connectivity index (χ4v) is 3.66. The second-order valence-corrected chi connectivity index (χ2v) is 7.23. The third-order valence-corrected chi connectivity index (χ3v) is 5.19. The van der Waals surface area contributed by atoms with E-state index in [-0.39, 0.29) is 24.1 Å². The molecule has 1 aliphatic carbocycles. The molecule has 2 N–H and O–H groups in total. The second kappa shape index (κ2) is 7.89. The molecular weight excluding hydrogens is 330 g/mol. The number of aryl methyl sites for hydroxylation is 2. The number of rotatable bonds is 6. The van der Waals surface area contributed by atoms with E-state index in [0.717, 1.165) is 31.4 Å². The summed E-state index contributed by atoms with van der Waals surface area (Å²) in [5.74, 6) is -0.885. The number of carbonyl (C=O) groups excluding carboxylic acids is 3. The molecule has 3 rings (SSSR count). The smallest absolute Gasteiger partial charge is 0.242 e. The molecule has 3 amide bonds. The molecule has 1 aromatic rings. The van der Waals surface area contributed by atoms with Crippen molar-refractivity contribution in [1.29, 1.82) is 0 Å². The third-order valence-electron chi connectivity index (χ3n) is 5.19. The van der Waals surface area contributed by atoms with Crippen LogP contribution >= 0.6 is 0 Å². The third kappa shape index (κ3) is 3.89. The summed E-state index contributed by atoms with van der Waals surface area (Å²) in [4.78, 5) is 38.5. The second-order valence-electron chi connectivity index (χ2n) is 7.23. The highest BCUT2D eigenvalue weighted by atomic mass is 16.2. The molecule has 2 atom stereocenters. The van der Waals surface area contributed by atoms with Gasteiger partial charge in [-0.3, -0.25) is 14.4 Å². The lowest BCUT2D eigenvalue weighted by atomic mass is 10.1. The molecule has 6 heteroatoms. The van der Waals surface area contributed by atoms with Crippen molar-refractivity contribution in [3.8, 4) is 0 Å². The van der Waals surface area contributed by atoms with Gasteiger partial charge >= 0.3 is 0 Å². The Morgan fingerprint density at radius 1 is 1.27 bits per heavy atom. The van der Waals surface area contributed by atoms with Gasteiger partial charge in [0.25, 0.3) is 0 Å². The molecule has 1 aliphatic heterocycles. The van der Waals surface area contributed by atoms with Crippen LogP contribution in [0.25, 0.3) is 0 Å². The Kier molecular flexibility index (Phi) is 5.59. The fraction of sp³-hybridized carbons (Fsp3) is 0.550. The molecule has 2 aliphatic rings. The van der Waals surface area contributed by atoms with Crippen molar-refractivity contribution in [3.63, 3.8) is 0 Å². The number of fused-ring (bicyclic) bond motifs is 1. The van der Waals surface area contributed by atoms with Crippen LogP contribution in [0.4, 0.5) is 5.69 Å². The molecule has 0 radical (unpaired) electrons. The molecule has 26 heavy (non-hydrogen) atoms. The van der Waals surface area contributed by atoms with Crippen molar-refractivity contribution < 1.29 is 14.4 Å². The van der Waals surface area contributed by atoms with Gasteiger partial charge < -0.3 is 15.5 Å². The van der Waals surface area contributed by atoms with Crippen LogP contribution in [0.2, 0.25) is 0 Å². The highest BCUT2D eigenvalue weighted by Gasteiger charge is 2.36. The van der Waals surface area contributed by atoms with Crippen LogP contribution in [-0.4, -0.2) is 36.9 Å². The van der Waals surface area contributed by atoms with Crippen LogP contribution in [-0.2, 0) is 27.2 Å². The summed E-state index contributed by atoms with van der Waals surface area (Å²) in [6, 6.07) is 5.56. The molecule has 2 unspecified atom stereocenters. The Hall–Kier alpha value is -2.37. The van der Waals surface area contributed by atoms with Crippen molar-refractivity contribution in [2.75, 3.05) is 18.0 Å². The van der Waals surface area contributed by atoms with E-state index >= 15 is 0 Å². The lowest BCUT2D eigenvalue weighted by molar-refractivity contribution is -0.130. The Balaban J connectivity index is 1.60. The average molecular weight is 357 g/mol. The van der Waals surface area contributed by atoms with E-state index in [4.69, 9.17) is 0 Å². The largest absolute Gasteiger partial charge is 0.354 e. The molecule has 0 saturated carbocycles. The number of carbonyl (C=O) groups is 3. The SMILES string of the molecule is CCCNC(=O)C(C)NC(=O)C1CC(=O)N(c2ccc3c(c2)CCC3)C1. The van der Waals surface area contributed by atoms with Gasteiger partial charge in [0.05, 0.1) is 5.92 Å². The summed E-state index contributed by atoms with van der Waals surface area (Å²) < 4.78 is 0. The zero-order chi connectivity index (χ0) is 18.7. The molecule has 6 nitrogen and oxygen atoms in total. The minimum Gasteiger partial charge on any atom is -0.354 e. The Morgan fingerprint density at radius 3 is 2.81 bits per heavy atom. The number of benzene rings is 1. The van der Waals surface area contributed by atoms with Crippen LogP contribution in [0.5, 0.6) is 0 Å². The van der Waals surface area contributed by atoms with Crippen molar-refractivity contribution in [2.24, 2.45) is 5.92 Å². The first-order chi connectivity index (χ1) is 12.5. The molecule has 1 aromatic carbocycles. The monoisotopic (exact) mass is 357 g/mol. The van der Waals surface area contributed by atoms with Gasteiger partial charge in [0.15, 0.2) is 0 Å². The highest BCUT2D eigenvalue weighted by Crippen LogP contribution is 2.30. The number of nitrogens with zero attached hydrogens (tertiary/aromatic N) is 1. The summed E-state index contributed by atoms with van der Waals surface area (Å²) in [5.41, 5.74) is 3.55. The van der Waals surface area contributed by atoms with E-state index in [0.29, 0.717) is 13.1 Å². The first-order valence-electron chi connectivity index (χ1n) is 9.50. The van der Waals surface area contributed by atoms with E-state index in [9.17, 15) is 14.4 Å². The highest BCUT2D eigenvalue weighted by molar-refractivity contribution is 6.01. The standard InChI is InChI=1S/C20H27N3O3/c1-3-9-21-19(25)13(2)22-20(26)16-11-18(24)23(12-16)17-8-7-14-5-4-6-15(14)10-17/h7-8,10,13,16H,3-6,9,11-12H2,1-2H3,(H,21,25)(H,22,26). The Bertz CT molecular complexity index is 716. The number of hydrogen-bond acceptors (Lipinski definition) is 3. The number of nitrogens with one attached hydrogen (secondary N) is 2. The van der Waals surface area contributed by atoms with Crippen molar-refractivity contribution in [2.45, 2.75) is 52.0 Å². The summed E-state index contributed by atoms with van der Waals surface area (Å²) >= 11 is 0. The quantitative estimate of drug-likeness (QED) is 0.811. The Labute approximate surface area is 154 Å². The van der Waals surface area contributed by atoms with Crippen LogP contribution in [0, 0.1) is 5.92 Å². The van der Waals surface area contributed by atoms with E-state index in [1.165, 1.54) is 11.1 Å². The molecule has 1 saturated heterocycles. The van der Waals surface area contributed by atoms with Gasteiger partial charge in [0.2, 0.25) is 17.7 Å². The van der Waals surface area contributed by atoms with Crippen LogP contribution < -0.4 is 15.5 Å². The maximum absolute atomic E-state index is 12.5. The summed E-state index contributed by atoms with van der Waals surface area (Å²) in [6.07, 6.45) is 4.35. The lowest BCUT2D eigenvalue weighted by Gasteiger charge is -2.19. The van der Waals surface area contributed by atoms with Crippen LogP contribution in [0.15, 0.2) is 18.2 Å². The van der Waals surface area contributed by atoms with Crippen LogP contribution in [0.1, 0.15) is 44.2 Å². The summed E-state index contributed by atoms with van der Waals surface area (Å²) in [6.45, 7) is 4.60. The number of amides is 3.